The van der Waals surface area contributed by atoms with Gasteiger partial charge < -0.3 is 15.2 Å². The summed E-state index contributed by atoms with van der Waals surface area (Å²) in [6.45, 7) is 0.833. The predicted molar refractivity (Wildman–Crippen MR) is 150 cm³/mol. The summed E-state index contributed by atoms with van der Waals surface area (Å²) in [7, 11) is 3.31. The molecule has 0 radical (unpaired) electrons. The lowest BCUT2D eigenvalue weighted by molar-refractivity contribution is 0.0641. The molecule has 0 aliphatic carbocycles. The number of benzene rings is 2. The van der Waals surface area contributed by atoms with Crippen LogP contribution >= 0.6 is 11.6 Å². The monoisotopic (exact) mass is 585 g/mol. The van der Waals surface area contributed by atoms with E-state index in [-0.39, 0.29) is 36.0 Å². The molecule has 41 heavy (non-hydrogen) atoms. The number of para-hydroxylation sites is 1. The second-order valence-corrected chi connectivity index (χ2v) is 10.3. The van der Waals surface area contributed by atoms with Gasteiger partial charge in [-0.05, 0) is 29.8 Å². The standard InChI is InChI=1S/C28H30ClF2N7O3/c1-36-12-18(11-32-36)26-25(29)27(38(35-26)19-6-4-3-5-7-19)34-28(40)33-24-14-37(20(15-39)16-41-2)13-21(24)17-8-9-22(30)23(31)10-17/h3-12,20-21,24,39H,13-16H2,1-2H3,(H2,33,34,40)/t20?,21-,24+/m0/s1. The van der Waals surface area contributed by atoms with Crippen molar-refractivity contribution in [3.05, 3.63) is 83.1 Å². The largest absolute Gasteiger partial charge is 0.395 e. The average molecular weight is 586 g/mol. The third-order valence-corrected chi connectivity index (χ3v) is 7.52. The number of carbonyl (C=O) groups is 1. The number of amides is 2. The molecule has 5 rings (SSSR count). The zero-order chi connectivity index (χ0) is 29.1. The SMILES string of the molecule is COCC(CO)N1C[C@@H](NC(=O)Nc2c(Cl)c(-c3cnn(C)c3)nn2-c2ccccc2)[C@H](c2ccc(F)c(F)c2)C1. The predicted octanol–water partition coefficient (Wildman–Crippen LogP) is 3.80. The minimum absolute atomic E-state index is 0.166. The van der Waals surface area contributed by atoms with E-state index in [1.807, 2.05) is 35.2 Å². The lowest BCUT2D eigenvalue weighted by Crippen LogP contribution is -2.44. The van der Waals surface area contributed by atoms with Crippen LogP contribution in [0.2, 0.25) is 5.02 Å². The molecule has 1 aliphatic rings. The van der Waals surface area contributed by atoms with E-state index in [0.29, 0.717) is 35.6 Å². The number of aliphatic hydroxyl groups is 1. The Labute approximate surface area is 240 Å². The van der Waals surface area contributed by atoms with Crippen LogP contribution in [0.25, 0.3) is 16.9 Å². The van der Waals surface area contributed by atoms with Crippen molar-refractivity contribution in [1.29, 1.82) is 0 Å². The van der Waals surface area contributed by atoms with Gasteiger partial charge in [0.15, 0.2) is 17.5 Å². The van der Waals surface area contributed by atoms with E-state index in [9.17, 15) is 18.7 Å². The summed E-state index contributed by atoms with van der Waals surface area (Å²) in [5.74, 6) is -2.06. The van der Waals surface area contributed by atoms with Crippen LogP contribution in [-0.4, -0.2) is 81.1 Å². The molecule has 0 spiro atoms. The summed E-state index contributed by atoms with van der Waals surface area (Å²) in [5, 5.41) is 24.8. The topological polar surface area (TPSA) is 109 Å². The van der Waals surface area contributed by atoms with E-state index < -0.39 is 23.7 Å². The Kier molecular flexibility index (Phi) is 8.64. The molecule has 1 fully saturated rings. The molecule has 0 bridgehead atoms. The minimum atomic E-state index is -0.971. The maximum atomic E-state index is 14.2. The number of rotatable bonds is 9. The molecule has 4 aromatic rings. The summed E-state index contributed by atoms with van der Waals surface area (Å²) in [6, 6.07) is 11.5. The van der Waals surface area contributed by atoms with Gasteiger partial charge in [-0.2, -0.15) is 10.2 Å². The first kappa shape index (κ1) is 28.7. The highest BCUT2D eigenvalue weighted by molar-refractivity contribution is 6.36. The third-order valence-electron chi connectivity index (χ3n) is 7.16. The smallest absolute Gasteiger partial charge is 0.320 e. The number of hydrogen-bond donors (Lipinski definition) is 3. The number of nitrogens with one attached hydrogen (secondary N) is 2. The Morgan fingerprint density at radius 2 is 1.98 bits per heavy atom. The molecule has 216 valence electrons. The van der Waals surface area contributed by atoms with Gasteiger partial charge >= 0.3 is 6.03 Å². The number of aliphatic hydroxyl groups excluding tert-OH is 1. The number of halogens is 3. The zero-order valence-electron chi connectivity index (χ0n) is 22.5. The molecule has 1 unspecified atom stereocenters. The minimum Gasteiger partial charge on any atom is -0.395 e. The van der Waals surface area contributed by atoms with Gasteiger partial charge in [0.1, 0.15) is 10.7 Å². The molecule has 2 amide bonds. The van der Waals surface area contributed by atoms with Crippen molar-refractivity contribution in [2.24, 2.45) is 7.05 Å². The lowest BCUT2D eigenvalue weighted by atomic mass is 9.94. The molecule has 1 aliphatic heterocycles. The van der Waals surface area contributed by atoms with Gasteiger partial charge in [0.05, 0.1) is 37.2 Å². The molecule has 1 saturated heterocycles. The highest BCUT2D eigenvalue weighted by Crippen LogP contribution is 2.35. The van der Waals surface area contributed by atoms with Crippen LogP contribution in [0.4, 0.5) is 19.4 Å². The van der Waals surface area contributed by atoms with Crippen molar-refractivity contribution in [3.8, 4) is 16.9 Å². The Balaban J connectivity index is 1.44. The van der Waals surface area contributed by atoms with Gasteiger partial charge in [0.25, 0.3) is 0 Å². The summed E-state index contributed by atoms with van der Waals surface area (Å²) in [4.78, 5) is 15.4. The van der Waals surface area contributed by atoms with Crippen molar-refractivity contribution < 1.29 is 23.4 Å². The first-order chi connectivity index (χ1) is 19.8. The van der Waals surface area contributed by atoms with Gasteiger partial charge in [-0.15, -0.1) is 0 Å². The second kappa shape index (κ2) is 12.4. The van der Waals surface area contributed by atoms with E-state index in [1.165, 1.54) is 13.2 Å². The number of hydrogen-bond acceptors (Lipinski definition) is 6. The molecule has 3 atom stereocenters. The van der Waals surface area contributed by atoms with Crippen LogP contribution in [0.5, 0.6) is 0 Å². The Morgan fingerprint density at radius 1 is 1.20 bits per heavy atom. The van der Waals surface area contributed by atoms with E-state index in [2.05, 4.69) is 20.8 Å². The molecular formula is C28H30ClF2N7O3. The molecule has 0 saturated carbocycles. The Bertz CT molecular complexity index is 1510. The molecule has 2 aromatic heterocycles. The first-order valence-corrected chi connectivity index (χ1v) is 13.4. The summed E-state index contributed by atoms with van der Waals surface area (Å²) in [5.41, 5.74) is 2.32. The van der Waals surface area contributed by atoms with Crippen LogP contribution in [0.1, 0.15) is 11.5 Å². The van der Waals surface area contributed by atoms with Crippen molar-refractivity contribution in [1.82, 2.24) is 29.8 Å². The van der Waals surface area contributed by atoms with E-state index in [0.717, 1.165) is 12.1 Å². The summed E-state index contributed by atoms with van der Waals surface area (Å²) >= 11 is 6.77. The highest BCUT2D eigenvalue weighted by Gasteiger charge is 2.38. The fourth-order valence-corrected chi connectivity index (χ4v) is 5.40. The van der Waals surface area contributed by atoms with Gasteiger partial charge in [-0.1, -0.05) is 35.9 Å². The molecule has 2 aromatic carbocycles. The molecule has 3 N–H and O–H groups in total. The molecule has 10 nitrogen and oxygen atoms in total. The average Bonchev–Trinajstić information content (AvgIpc) is 3.67. The number of likely N-dealkylation sites (tertiary alicyclic amines) is 1. The number of aromatic nitrogens is 4. The lowest BCUT2D eigenvalue weighted by Gasteiger charge is -2.25. The van der Waals surface area contributed by atoms with Crippen molar-refractivity contribution in [3.63, 3.8) is 0 Å². The van der Waals surface area contributed by atoms with Crippen LogP contribution in [0.3, 0.4) is 0 Å². The number of carbonyl (C=O) groups excluding carboxylic acids is 1. The van der Waals surface area contributed by atoms with E-state index >= 15 is 0 Å². The first-order valence-electron chi connectivity index (χ1n) is 13.0. The van der Waals surface area contributed by atoms with Gasteiger partial charge in [-0.25, -0.2) is 18.3 Å². The Hall–Kier alpha value is -3.84. The normalized spacial score (nSPS) is 18.0. The number of aryl methyl sites for hydroxylation is 1. The number of ether oxygens (including phenoxy) is 1. The number of methoxy groups -OCH3 is 1. The van der Waals surface area contributed by atoms with Crippen molar-refractivity contribution in [2.75, 3.05) is 38.7 Å². The maximum Gasteiger partial charge on any atom is 0.320 e. The van der Waals surface area contributed by atoms with Crippen molar-refractivity contribution >= 4 is 23.4 Å². The van der Waals surface area contributed by atoms with Gasteiger partial charge in [-0.3, -0.25) is 14.9 Å². The number of anilines is 1. The van der Waals surface area contributed by atoms with E-state index in [4.69, 9.17) is 16.3 Å². The number of nitrogens with zero attached hydrogens (tertiary/aromatic N) is 5. The fourth-order valence-electron chi connectivity index (χ4n) is 5.13. The van der Waals surface area contributed by atoms with Crippen LogP contribution in [0, 0.1) is 11.6 Å². The quantitative estimate of drug-likeness (QED) is 0.276. The van der Waals surface area contributed by atoms with Crippen LogP contribution in [0.15, 0.2) is 60.9 Å². The van der Waals surface area contributed by atoms with Crippen molar-refractivity contribution in [2.45, 2.75) is 18.0 Å². The summed E-state index contributed by atoms with van der Waals surface area (Å²) < 4.78 is 36.3. The van der Waals surface area contributed by atoms with Gasteiger partial charge in [0.2, 0.25) is 0 Å². The van der Waals surface area contributed by atoms with Crippen LogP contribution < -0.4 is 10.6 Å². The molecule has 13 heteroatoms. The van der Waals surface area contributed by atoms with Crippen LogP contribution in [-0.2, 0) is 11.8 Å². The second-order valence-electron chi connectivity index (χ2n) is 9.89. The summed E-state index contributed by atoms with van der Waals surface area (Å²) in [6.07, 6.45) is 3.40. The van der Waals surface area contributed by atoms with Gasteiger partial charge in [0, 0.05) is 44.9 Å². The number of urea groups is 1. The third kappa shape index (κ3) is 6.10. The maximum absolute atomic E-state index is 14.2. The fraction of sp³-hybridized carbons (Fsp3) is 0.321. The highest BCUT2D eigenvalue weighted by atomic mass is 35.5. The zero-order valence-corrected chi connectivity index (χ0v) is 23.2. The molecule has 3 heterocycles. The molecular weight excluding hydrogens is 556 g/mol. The van der Waals surface area contributed by atoms with E-state index in [1.54, 1.807) is 28.8 Å². The Morgan fingerprint density at radius 3 is 2.63 bits per heavy atom.